The van der Waals surface area contributed by atoms with Gasteiger partial charge in [0.1, 0.15) is 0 Å². The van der Waals surface area contributed by atoms with Crippen molar-refractivity contribution in [1.82, 2.24) is 0 Å². The molecule has 0 bridgehead atoms. The lowest BCUT2D eigenvalue weighted by Crippen LogP contribution is -2.35. The largest absolute Gasteiger partial charge is 0.380 e. The zero-order valence-electron chi connectivity index (χ0n) is 10.3. The maximum Gasteiger partial charge on any atom is 0.0412 e. The highest BCUT2D eigenvalue weighted by Crippen LogP contribution is 2.26. The first kappa shape index (κ1) is 11.5. The number of nitrogens with two attached hydrogens (primary N) is 1. The van der Waals surface area contributed by atoms with Crippen molar-refractivity contribution in [2.45, 2.75) is 51.6 Å². The van der Waals surface area contributed by atoms with Crippen LogP contribution in [0.4, 0.5) is 5.69 Å². The maximum atomic E-state index is 6.11. The highest BCUT2D eigenvalue weighted by molar-refractivity contribution is 5.58. The molecule has 0 heterocycles. The van der Waals surface area contributed by atoms with Crippen molar-refractivity contribution in [3.05, 3.63) is 29.3 Å². The monoisotopic (exact) mass is 218 g/mol. The van der Waals surface area contributed by atoms with Gasteiger partial charge >= 0.3 is 0 Å². The first-order chi connectivity index (χ1) is 7.72. The molecule has 1 aliphatic carbocycles. The molecular formula is C14H22N2. The van der Waals surface area contributed by atoms with E-state index in [-0.39, 0.29) is 0 Å². The van der Waals surface area contributed by atoms with Crippen molar-refractivity contribution in [3.63, 3.8) is 0 Å². The summed E-state index contributed by atoms with van der Waals surface area (Å²) in [5, 5.41) is 3.65. The summed E-state index contributed by atoms with van der Waals surface area (Å²) in [5.41, 5.74) is 10.2. The molecule has 16 heavy (non-hydrogen) atoms. The Morgan fingerprint density at radius 2 is 2.19 bits per heavy atom. The second kappa shape index (κ2) is 4.88. The van der Waals surface area contributed by atoms with Crippen LogP contribution in [-0.2, 0) is 6.42 Å². The molecule has 2 nitrogen and oxygen atoms in total. The molecule has 1 aromatic rings. The molecule has 0 spiro atoms. The van der Waals surface area contributed by atoms with Gasteiger partial charge in [-0.1, -0.05) is 25.1 Å². The average Bonchev–Trinajstić information content (AvgIpc) is 2.67. The van der Waals surface area contributed by atoms with Gasteiger partial charge in [0.25, 0.3) is 0 Å². The lowest BCUT2D eigenvalue weighted by atomic mass is 10.0. The fourth-order valence-electron chi connectivity index (χ4n) is 2.58. The lowest BCUT2D eigenvalue weighted by molar-refractivity contribution is 0.637. The molecule has 88 valence electrons. The molecule has 2 unspecified atom stereocenters. The van der Waals surface area contributed by atoms with Crippen LogP contribution in [0.2, 0.25) is 0 Å². The summed E-state index contributed by atoms with van der Waals surface area (Å²) in [4.78, 5) is 0. The molecule has 1 saturated carbocycles. The van der Waals surface area contributed by atoms with Gasteiger partial charge in [-0.3, -0.25) is 0 Å². The highest BCUT2D eigenvalue weighted by atomic mass is 15.0. The molecule has 0 aromatic heterocycles. The SMILES string of the molecule is CCc1cccc(C)c1NC1CCCC1N. The van der Waals surface area contributed by atoms with E-state index in [1.165, 1.54) is 29.7 Å². The highest BCUT2D eigenvalue weighted by Gasteiger charge is 2.24. The second-order valence-electron chi connectivity index (χ2n) is 4.81. The van der Waals surface area contributed by atoms with Gasteiger partial charge < -0.3 is 11.1 Å². The van der Waals surface area contributed by atoms with Crippen LogP contribution in [0.1, 0.15) is 37.3 Å². The fourth-order valence-corrected chi connectivity index (χ4v) is 2.58. The van der Waals surface area contributed by atoms with E-state index in [0.29, 0.717) is 12.1 Å². The summed E-state index contributed by atoms with van der Waals surface area (Å²) >= 11 is 0. The van der Waals surface area contributed by atoms with Crippen molar-refractivity contribution in [1.29, 1.82) is 0 Å². The standard InChI is InChI=1S/C14H22N2/c1-3-11-7-4-6-10(2)14(11)16-13-9-5-8-12(13)15/h4,6-7,12-13,16H,3,5,8-9,15H2,1-2H3. The third kappa shape index (κ3) is 2.22. The molecule has 1 aromatic carbocycles. The second-order valence-corrected chi connectivity index (χ2v) is 4.81. The number of aryl methyl sites for hydroxylation is 2. The Morgan fingerprint density at radius 1 is 1.38 bits per heavy atom. The van der Waals surface area contributed by atoms with Crippen molar-refractivity contribution >= 4 is 5.69 Å². The number of nitrogens with one attached hydrogen (secondary N) is 1. The van der Waals surface area contributed by atoms with Crippen LogP contribution in [0, 0.1) is 6.92 Å². The molecule has 3 N–H and O–H groups in total. The summed E-state index contributed by atoms with van der Waals surface area (Å²) in [5.74, 6) is 0. The predicted octanol–water partition coefficient (Wildman–Crippen LogP) is 2.85. The normalized spacial score (nSPS) is 24.7. The van der Waals surface area contributed by atoms with E-state index in [9.17, 15) is 0 Å². The van der Waals surface area contributed by atoms with Crippen LogP contribution in [0.5, 0.6) is 0 Å². The van der Waals surface area contributed by atoms with Crippen LogP contribution in [0.25, 0.3) is 0 Å². The smallest absolute Gasteiger partial charge is 0.0412 e. The van der Waals surface area contributed by atoms with Crippen molar-refractivity contribution in [2.75, 3.05) is 5.32 Å². The minimum atomic E-state index is 0.323. The van der Waals surface area contributed by atoms with Crippen molar-refractivity contribution in [3.8, 4) is 0 Å². The van der Waals surface area contributed by atoms with Crippen LogP contribution in [0.3, 0.4) is 0 Å². The summed E-state index contributed by atoms with van der Waals surface area (Å²) < 4.78 is 0. The zero-order chi connectivity index (χ0) is 11.5. The van der Waals surface area contributed by atoms with E-state index < -0.39 is 0 Å². The zero-order valence-corrected chi connectivity index (χ0v) is 10.3. The lowest BCUT2D eigenvalue weighted by Gasteiger charge is -2.22. The molecule has 1 fully saturated rings. The summed E-state index contributed by atoms with van der Waals surface area (Å²) in [7, 11) is 0. The van der Waals surface area contributed by atoms with Gasteiger partial charge in [-0.25, -0.2) is 0 Å². The van der Waals surface area contributed by atoms with E-state index in [4.69, 9.17) is 5.73 Å². The van der Waals surface area contributed by atoms with E-state index >= 15 is 0 Å². The predicted molar refractivity (Wildman–Crippen MR) is 69.8 cm³/mol. The number of anilines is 1. The van der Waals surface area contributed by atoms with E-state index in [0.717, 1.165) is 12.8 Å². The number of hydrogen-bond donors (Lipinski definition) is 2. The van der Waals surface area contributed by atoms with Crippen LogP contribution >= 0.6 is 0 Å². The Bertz CT molecular complexity index is 360. The first-order valence-corrected chi connectivity index (χ1v) is 6.33. The molecule has 0 amide bonds. The quantitative estimate of drug-likeness (QED) is 0.818. The van der Waals surface area contributed by atoms with Crippen molar-refractivity contribution in [2.24, 2.45) is 5.73 Å². The van der Waals surface area contributed by atoms with E-state index in [1.54, 1.807) is 0 Å². The maximum absolute atomic E-state index is 6.11. The molecule has 2 heteroatoms. The molecule has 2 rings (SSSR count). The summed E-state index contributed by atoms with van der Waals surface area (Å²) in [6.45, 7) is 4.37. The first-order valence-electron chi connectivity index (χ1n) is 6.33. The average molecular weight is 218 g/mol. The molecule has 2 atom stereocenters. The minimum absolute atomic E-state index is 0.323. The van der Waals surface area contributed by atoms with Crippen molar-refractivity contribution < 1.29 is 0 Å². The summed E-state index contributed by atoms with van der Waals surface area (Å²) in [6, 6.07) is 7.29. The number of rotatable bonds is 3. The minimum Gasteiger partial charge on any atom is -0.380 e. The number of hydrogen-bond acceptors (Lipinski definition) is 2. The number of para-hydroxylation sites is 1. The van der Waals surface area contributed by atoms with Gasteiger partial charge in [0, 0.05) is 17.8 Å². The van der Waals surface area contributed by atoms with Gasteiger partial charge in [0.05, 0.1) is 0 Å². The van der Waals surface area contributed by atoms with Gasteiger partial charge in [-0.05, 0) is 43.7 Å². The number of benzene rings is 1. The Kier molecular flexibility index (Phi) is 3.49. The fraction of sp³-hybridized carbons (Fsp3) is 0.571. The Hall–Kier alpha value is -1.02. The summed E-state index contributed by atoms with van der Waals surface area (Å²) in [6.07, 6.45) is 4.70. The third-order valence-corrected chi connectivity index (χ3v) is 3.64. The van der Waals surface area contributed by atoms with Crippen LogP contribution < -0.4 is 11.1 Å². The van der Waals surface area contributed by atoms with E-state index in [1.807, 2.05) is 0 Å². The topological polar surface area (TPSA) is 38.0 Å². The molecule has 0 radical (unpaired) electrons. The Labute approximate surface area is 98.2 Å². The van der Waals surface area contributed by atoms with Gasteiger partial charge in [-0.2, -0.15) is 0 Å². The molecule has 0 saturated heterocycles. The molecule has 0 aliphatic heterocycles. The molecular weight excluding hydrogens is 196 g/mol. The van der Waals surface area contributed by atoms with E-state index in [2.05, 4.69) is 37.4 Å². The van der Waals surface area contributed by atoms with Gasteiger partial charge in [-0.15, -0.1) is 0 Å². The van der Waals surface area contributed by atoms with Gasteiger partial charge in [0.15, 0.2) is 0 Å². The third-order valence-electron chi connectivity index (χ3n) is 3.64. The molecule has 1 aliphatic rings. The Balaban J connectivity index is 2.19. The van der Waals surface area contributed by atoms with Crippen LogP contribution in [0.15, 0.2) is 18.2 Å². The van der Waals surface area contributed by atoms with Crippen LogP contribution in [-0.4, -0.2) is 12.1 Å². The van der Waals surface area contributed by atoms with Gasteiger partial charge in [0.2, 0.25) is 0 Å². The Morgan fingerprint density at radius 3 is 2.81 bits per heavy atom.